The number of hydrogen-bond acceptors (Lipinski definition) is 6. The summed E-state index contributed by atoms with van der Waals surface area (Å²) in [5.41, 5.74) is 0.359. The van der Waals surface area contributed by atoms with Crippen LogP contribution in [0.4, 0.5) is 5.69 Å². The summed E-state index contributed by atoms with van der Waals surface area (Å²) >= 11 is 1.10. The van der Waals surface area contributed by atoms with E-state index in [0.717, 1.165) is 11.8 Å². The van der Waals surface area contributed by atoms with E-state index >= 15 is 0 Å². The first kappa shape index (κ1) is 14.9. The summed E-state index contributed by atoms with van der Waals surface area (Å²) in [6.45, 7) is 1.15. The average molecular weight is 273 g/mol. The molecule has 18 heavy (non-hydrogen) atoms. The molecule has 0 saturated heterocycles. The summed E-state index contributed by atoms with van der Waals surface area (Å²) in [7, 11) is 0. The van der Waals surface area contributed by atoms with Gasteiger partial charge < -0.3 is 15.3 Å². The number of hydrogen-bond donors (Lipinski definition) is 3. The molecule has 0 saturated carbocycles. The molecule has 0 aliphatic carbocycles. The van der Waals surface area contributed by atoms with Gasteiger partial charge in [0.05, 0.1) is 28.6 Å². The van der Waals surface area contributed by atoms with E-state index in [0.29, 0.717) is 10.5 Å². The van der Waals surface area contributed by atoms with Gasteiger partial charge in [0.1, 0.15) is 0 Å². The van der Waals surface area contributed by atoms with Gasteiger partial charge in [0.15, 0.2) is 0 Å². The van der Waals surface area contributed by atoms with Crippen molar-refractivity contribution in [3.05, 3.63) is 33.9 Å². The summed E-state index contributed by atoms with van der Waals surface area (Å²) in [6.07, 6.45) is -1.68. The second-order valence-corrected chi connectivity index (χ2v) is 4.87. The summed E-state index contributed by atoms with van der Waals surface area (Å²) in [5.74, 6) is 0.172. The molecule has 100 valence electrons. The van der Waals surface area contributed by atoms with Crippen LogP contribution >= 0.6 is 11.8 Å². The van der Waals surface area contributed by atoms with E-state index in [4.69, 9.17) is 5.11 Å². The van der Waals surface area contributed by atoms with Gasteiger partial charge in [-0.25, -0.2) is 0 Å². The highest BCUT2D eigenvalue weighted by molar-refractivity contribution is 7.99. The molecule has 0 spiro atoms. The molecular formula is C11H15NO5S. The predicted molar refractivity (Wildman–Crippen MR) is 67.5 cm³/mol. The Morgan fingerprint density at radius 3 is 2.61 bits per heavy atom. The molecular weight excluding hydrogens is 258 g/mol. The van der Waals surface area contributed by atoms with Gasteiger partial charge in [0.2, 0.25) is 0 Å². The summed E-state index contributed by atoms with van der Waals surface area (Å²) < 4.78 is 0. The Kier molecular flexibility index (Phi) is 5.54. The largest absolute Gasteiger partial charge is 0.394 e. The Morgan fingerprint density at radius 1 is 1.44 bits per heavy atom. The Balaban J connectivity index is 2.93. The molecule has 3 N–H and O–H groups in total. The van der Waals surface area contributed by atoms with E-state index in [2.05, 4.69) is 0 Å². The van der Waals surface area contributed by atoms with Crippen LogP contribution in [0.1, 0.15) is 18.6 Å². The lowest BCUT2D eigenvalue weighted by molar-refractivity contribution is -0.387. The quantitative estimate of drug-likeness (QED) is 0.407. The lowest BCUT2D eigenvalue weighted by atomic mass is 10.1. The molecule has 7 heteroatoms. The number of aliphatic hydroxyl groups excluding tert-OH is 3. The molecule has 0 aliphatic rings. The van der Waals surface area contributed by atoms with Crippen LogP contribution in [0.3, 0.4) is 0 Å². The van der Waals surface area contributed by atoms with Gasteiger partial charge in [0.25, 0.3) is 5.69 Å². The maximum Gasteiger partial charge on any atom is 0.283 e. The Hall–Kier alpha value is -1.15. The fraction of sp³-hybridized carbons (Fsp3) is 0.455. The molecule has 1 unspecified atom stereocenters. The summed E-state index contributed by atoms with van der Waals surface area (Å²) in [4.78, 5) is 10.8. The minimum Gasteiger partial charge on any atom is -0.394 e. The highest BCUT2D eigenvalue weighted by Crippen LogP contribution is 2.32. The van der Waals surface area contributed by atoms with Crippen molar-refractivity contribution in [3.63, 3.8) is 0 Å². The number of benzene rings is 1. The van der Waals surface area contributed by atoms with Crippen molar-refractivity contribution < 1.29 is 20.2 Å². The number of nitro groups is 1. The highest BCUT2D eigenvalue weighted by atomic mass is 32.2. The van der Waals surface area contributed by atoms with Gasteiger partial charge in [0, 0.05) is 11.8 Å². The number of nitrogens with zero attached hydrogens (tertiary/aromatic N) is 1. The molecule has 0 aliphatic heterocycles. The monoisotopic (exact) mass is 273 g/mol. The van der Waals surface area contributed by atoms with Crippen LogP contribution in [-0.2, 0) is 0 Å². The van der Waals surface area contributed by atoms with E-state index in [1.54, 1.807) is 6.07 Å². The fourth-order valence-corrected chi connectivity index (χ4v) is 2.22. The van der Waals surface area contributed by atoms with E-state index in [1.165, 1.54) is 19.1 Å². The van der Waals surface area contributed by atoms with Crippen molar-refractivity contribution in [2.75, 3.05) is 12.4 Å². The Bertz CT molecular complexity index is 424. The first-order valence-electron chi connectivity index (χ1n) is 5.33. The van der Waals surface area contributed by atoms with Gasteiger partial charge >= 0.3 is 0 Å². The van der Waals surface area contributed by atoms with Gasteiger partial charge in [-0.1, -0.05) is 6.07 Å². The topological polar surface area (TPSA) is 104 Å². The second-order valence-electron chi connectivity index (χ2n) is 3.81. The highest BCUT2D eigenvalue weighted by Gasteiger charge is 2.17. The average Bonchev–Trinajstić information content (AvgIpc) is 2.35. The zero-order chi connectivity index (χ0) is 13.7. The minimum absolute atomic E-state index is 0.108. The van der Waals surface area contributed by atoms with Gasteiger partial charge in [-0.2, -0.15) is 0 Å². The van der Waals surface area contributed by atoms with Crippen LogP contribution in [0.25, 0.3) is 0 Å². The molecule has 0 radical (unpaired) electrons. The summed E-state index contributed by atoms with van der Waals surface area (Å²) in [6, 6.07) is 4.46. The third kappa shape index (κ3) is 3.95. The van der Waals surface area contributed by atoms with Crippen LogP contribution < -0.4 is 0 Å². The predicted octanol–water partition coefficient (Wildman–Crippen LogP) is 1.09. The number of rotatable bonds is 6. The molecule has 6 nitrogen and oxygen atoms in total. The van der Waals surface area contributed by atoms with Crippen molar-refractivity contribution in [1.29, 1.82) is 0 Å². The van der Waals surface area contributed by atoms with Crippen LogP contribution in [-0.4, -0.2) is 38.7 Å². The van der Waals surface area contributed by atoms with Gasteiger partial charge in [-0.15, -0.1) is 11.8 Å². The fourth-order valence-electron chi connectivity index (χ4n) is 1.30. The molecule has 0 fully saturated rings. The first-order valence-corrected chi connectivity index (χ1v) is 6.32. The van der Waals surface area contributed by atoms with Gasteiger partial charge in [-0.05, 0) is 18.6 Å². The lowest BCUT2D eigenvalue weighted by Crippen LogP contribution is -2.14. The zero-order valence-corrected chi connectivity index (χ0v) is 10.6. The lowest BCUT2D eigenvalue weighted by Gasteiger charge is -2.09. The number of thioether (sulfide) groups is 1. The van der Waals surface area contributed by atoms with Crippen molar-refractivity contribution in [2.24, 2.45) is 0 Å². The van der Waals surface area contributed by atoms with E-state index in [-0.39, 0.29) is 18.0 Å². The molecule has 1 aromatic carbocycles. The molecule has 0 aromatic heterocycles. The van der Waals surface area contributed by atoms with E-state index in [9.17, 15) is 20.3 Å². The standard InChI is InChI=1S/C11H15NO5S/c1-7(14)8-2-3-11(10(4-8)12(16)17)18-6-9(15)5-13/h2-4,7,9,13-15H,5-6H2,1H3/t7-,9?/m1/s1. The van der Waals surface area contributed by atoms with Crippen LogP contribution in [0, 0.1) is 10.1 Å². The first-order chi connectivity index (χ1) is 8.45. The summed E-state index contributed by atoms with van der Waals surface area (Å²) in [5, 5.41) is 38.2. The smallest absolute Gasteiger partial charge is 0.283 e. The third-order valence-corrected chi connectivity index (χ3v) is 3.51. The van der Waals surface area contributed by atoms with Crippen molar-refractivity contribution in [2.45, 2.75) is 24.0 Å². The molecule has 2 atom stereocenters. The normalized spacial score (nSPS) is 14.2. The molecule has 0 amide bonds. The maximum atomic E-state index is 10.9. The molecule has 1 aromatic rings. The van der Waals surface area contributed by atoms with Crippen LogP contribution in [0.15, 0.2) is 23.1 Å². The van der Waals surface area contributed by atoms with Crippen LogP contribution in [0.2, 0.25) is 0 Å². The Labute approximate surface area is 108 Å². The van der Waals surface area contributed by atoms with Crippen molar-refractivity contribution in [1.82, 2.24) is 0 Å². The number of aliphatic hydroxyl groups is 3. The van der Waals surface area contributed by atoms with Crippen molar-refractivity contribution in [3.8, 4) is 0 Å². The minimum atomic E-state index is -0.911. The molecule has 0 bridgehead atoms. The molecule has 1 rings (SSSR count). The van der Waals surface area contributed by atoms with Crippen LogP contribution in [0.5, 0.6) is 0 Å². The van der Waals surface area contributed by atoms with E-state index in [1.807, 2.05) is 0 Å². The SMILES string of the molecule is C[C@@H](O)c1ccc(SCC(O)CO)c([N+](=O)[O-])c1. The number of nitro benzene ring substituents is 1. The van der Waals surface area contributed by atoms with E-state index < -0.39 is 17.1 Å². The second kappa shape index (κ2) is 6.69. The third-order valence-electron chi connectivity index (χ3n) is 2.30. The Morgan fingerprint density at radius 2 is 2.11 bits per heavy atom. The van der Waals surface area contributed by atoms with Gasteiger partial charge in [-0.3, -0.25) is 10.1 Å². The molecule has 0 heterocycles. The maximum absolute atomic E-state index is 10.9. The zero-order valence-electron chi connectivity index (χ0n) is 9.81. The van der Waals surface area contributed by atoms with Crippen molar-refractivity contribution >= 4 is 17.4 Å².